The Bertz CT molecular complexity index is 650. The van der Waals surface area contributed by atoms with Crippen molar-refractivity contribution >= 4 is 22.4 Å². The molecule has 5 heteroatoms. The molecule has 0 radical (unpaired) electrons. The van der Waals surface area contributed by atoms with Crippen LogP contribution in [0.3, 0.4) is 0 Å². The van der Waals surface area contributed by atoms with Crippen LogP contribution in [0.25, 0.3) is 0 Å². The van der Waals surface area contributed by atoms with Gasteiger partial charge in [0.05, 0.1) is 6.42 Å². The lowest BCUT2D eigenvalue weighted by atomic mass is 9.80. The molecule has 5 aliphatic rings. The Balaban J connectivity index is 1.21. The van der Waals surface area contributed by atoms with E-state index < -0.39 is 0 Å². The van der Waals surface area contributed by atoms with Crippen LogP contribution in [0.5, 0.6) is 0 Å². The Hall–Kier alpha value is -1.10. The first-order valence-corrected chi connectivity index (χ1v) is 11.5. The van der Waals surface area contributed by atoms with Gasteiger partial charge < -0.3 is 10.2 Å². The monoisotopic (exact) mass is 373 g/mol. The van der Waals surface area contributed by atoms with Crippen LogP contribution in [0.2, 0.25) is 0 Å². The van der Waals surface area contributed by atoms with Gasteiger partial charge >= 0.3 is 0 Å². The number of rotatable bonds is 4. The van der Waals surface area contributed by atoms with E-state index in [9.17, 15) is 4.79 Å². The first-order valence-electron chi connectivity index (χ1n) is 10.7. The molecule has 4 nitrogen and oxygen atoms in total. The van der Waals surface area contributed by atoms with Crippen LogP contribution in [0.15, 0.2) is 6.20 Å². The molecular weight excluding hydrogens is 342 g/mol. The number of hydrogen-bond donors (Lipinski definition) is 1. The van der Waals surface area contributed by atoms with Gasteiger partial charge in [-0.15, -0.1) is 11.3 Å². The van der Waals surface area contributed by atoms with Crippen molar-refractivity contribution in [3.05, 3.63) is 11.1 Å². The second-order valence-corrected chi connectivity index (χ2v) is 10.4. The molecule has 4 saturated carbocycles. The zero-order valence-corrected chi connectivity index (χ0v) is 16.5. The molecule has 1 N–H and O–H groups in total. The second-order valence-electron chi connectivity index (χ2n) is 9.28. The fourth-order valence-electron chi connectivity index (χ4n) is 6.42. The summed E-state index contributed by atoms with van der Waals surface area (Å²) in [5, 5.41) is 4.90. The molecule has 0 spiro atoms. The van der Waals surface area contributed by atoms with Crippen molar-refractivity contribution in [1.82, 2.24) is 9.88 Å². The number of carbonyl (C=O) groups is 1. The Labute approximate surface area is 160 Å². The number of nitrogens with zero attached hydrogens (tertiary/aromatic N) is 2. The molecule has 2 atom stereocenters. The fourth-order valence-corrected chi connectivity index (χ4v) is 7.33. The summed E-state index contributed by atoms with van der Waals surface area (Å²) in [5.74, 6) is 3.06. The maximum atomic E-state index is 12.7. The van der Waals surface area contributed by atoms with Gasteiger partial charge in [0.1, 0.15) is 0 Å². The average molecular weight is 374 g/mol. The van der Waals surface area contributed by atoms with Crippen LogP contribution in [-0.4, -0.2) is 34.4 Å². The highest BCUT2D eigenvalue weighted by atomic mass is 32.1. The Morgan fingerprint density at radius 2 is 1.81 bits per heavy atom. The van der Waals surface area contributed by atoms with Crippen molar-refractivity contribution in [2.24, 2.45) is 17.8 Å². The van der Waals surface area contributed by atoms with E-state index in [0.717, 1.165) is 53.7 Å². The highest BCUT2D eigenvalue weighted by Gasteiger charge is 2.57. The van der Waals surface area contributed by atoms with Crippen LogP contribution in [0.1, 0.15) is 69.1 Å². The Kier molecular flexibility index (Phi) is 4.46. The molecule has 4 bridgehead atoms. The number of carbonyl (C=O) groups excluding carboxylic acids is 1. The molecule has 4 aliphatic carbocycles. The smallest absolute Gasteiger partial charge is 0.227 e. The largest absolute Gasteiger partial charge is 0.356 e. The number of hydrogen-bond acceptors (Lipinski definition) is 4. The second kappa shape index (κ2) is 6.81. The topological polar surface area (TPSA) is 45.2 Å². The fraction of sp³-hybridized carbons (Fsp3) is 0.810. The minimum atomic E-state index is 0.293. The van der Waals surface area contributed by atoms with E-state index in [0.29, 0.717) is 17.9 Å². The number of amides is 1. The number of thiazole rings is 1. The van der Waals surface area contributed by atoms with Gasteiger partial charge in [-0.2, -0.15) is 0 Å². The SMILES string of the molecule is O=C(Cc1cnc(NC23CC4CC(CC2C4)C3)s1)N1CCCCCCC1. The third-order valence-corrected chi connectivity index (χ3v) is 8.35. The van der Waals surface area contributed by atoms with E-state index in [1.165, 1.54) is 51.4 Å². The van der Waals surface area contributed by atoms with Crippen molar-refractivity contribution in [3.8, 4) is 0 Å². The van der Waals surface area contributed by atoms with Gasteiger partial charge in [-0.3, -0.25) is 4.79 Å². The third-order valence-electron chi connectivity index (χ3n) is 7.43. The summed E-state index contributed by atoms with van der Waals surface area (Å²) in [4.78, 5) is 20.5. The van der Waals surface area contributed by atoms with E-state index in [1.54, 1.807) is 11.3 Å². The predicted octanol–water partition coefficient (Wildman–Crippen LogP) is 4.47. The standard InChI is InChI=1S/C21H31N3OS/c25-19(24-6-4-2-1-3-5-7-24)11-18-14-22-20(26-18)23-21-12-15-8-16(13-21)10-17(21)9-15/h14-17H,1-13H2,(H,22,23). The lowest BCUT2D eigenvalue weighted by Gasteiger charge is -2.33. The summed E-state index contributed by atoms with van der Waals surface area (Å²) >= 11 is 1.71. The minimum absolute atomic E-state index is 0.293. The molecule has 2 heterocycles. The number of anilines is 1. The third kappa shape index (κ3) is 3.17. The van der Waals surface area contributed by atoms with Gasteiger partial charge in [0.2, 0.25) is 5.91 Å². The van der Waals surface area contributed by atoms with Crippen molar-refractivity contribution in [3.63, 3.8) is 0 Å². The maximum absolute atomic E-state index is 12.7. The molecule has 1 aromatic rings. The van der Waals surface area contributed by atoms with Crippen molar-refractivity contribution < 1.29 is 4.79 Å². The van der Waals surface area contributed by atoms with E-state index >= 15 is 0 Å². The summed E-state index contributed by atoms with van der Waals surface area (Å²) in [6.45, 7) is 1.88. The predicted molar refractivity (Wildman–Crippen MR) is 105 cm³/mol. The highest BCUT2D eigenvalue weighted by Crippen LogP contribution is 2.61. The van der Waals surface area contributed by atoms with E-state index in [1.807, 2.05) is 6.20 Å². The van der Waals surface area contributed by atoms with Crippen LogP contribution < -0.4 is 5.32 Å². The molecule has 1 saturated heterocycles. The molecule has 2 unspecified atom stereocenters. The lowest BCUT2D eigenvalue weighted by molar-refractivity contribution is -0.130. The highest BCUT2D eigenvalue weighted by molar-refractivity contribution is 7.15. The molecule has 1 aromatic heterocycles. The molecule has 5 fully saturated rings. The Morgan fingerprint density at radius 1 is 1.12 bits per heavy atom. The van der Waals surface area contributed by atoms with Crippen molar-refractivity contribution in [2.75, 3.05) is 18.4 Å². The average Bonchev–Trinajstić information content (AvgIpc) is 3.16. The van der Waals surface area contributed by atoms with Crippen LogP contribution >= 0.6 is 11.3 Å². The van der Waals surface area contributed by atoms with E-state index in [4.69, 9.17) is 0 Å². The summed E-state index contributed by atoms with van der Waals surface area (Å²) < 4.78 is 0. The first-order chi connectivity index (χ1) is 12.7. The summed E-state index contributed by atoms with van der Waals surface area (Å²) in [6.07, 6.45) is 15.7. The lowest BCUT2D eigenvalue weighted by Crippen LogP contribution is -2.39. The van der Waals surface area contributed by atoms with Crippen molar-refractivity contribution in [2.45, 2.75) is 76.2 Å². The zero-order chi connectivity index (χ0) is 17.6. The molecule has 0 aromatic carbocycles. The van der Waals surface area contributed by atoms with Gasteiger partial charge in [-0.1, -0.05) is 19.3 Å². The molecule has 1 aliphatic heterocycles. The van der Waals surface area contributed by atoms with Gasteiger partial charge in [0.25, 0.3) is 0 Å². The Morgan fingerprint density at radius 3 is 2.54 bits per heavy atom. The van der Waals surface area contributed by atoms with Crippen LogP contribution in [0.4, 0.5) is 5.13 Å². The number of aromatic nitrogens is 1. The summed E-state index contributed by atoms with van der Waals surface area (Å²) in [5.41, 5.74) is 0.329. The molecule has 6 rings (SSSR count). The zero-order valence-electron chi connectivity index (χ0n) is 15.7. The molecule has 26 heavy (non-hydrogen) atoms. The van der Waals surface area contributed by atoms with E-state index in [-0.39, 0.29) is 0 Å². The normalized spacial score (nSPS) is 36.2. The van der Waals surface area contributed by atoms with Gasteiger partial charge in [-0.05, 0) is 62.7 Å². The minimum Gasteiger partial charge on any atom is -0.356 e. The van der Waals surface area contributed by atoms with Crippen LogP contribution in [-0.2, 0) is 11.2 Å². The molecule has 142 valence electrons. The van der Waals surface area contributed by atoms with E-state index in [2.05, 4.69) is 15.2 Å². The summed E-state index contributed by atoms with van der Waals surface area (Å²) in [7, 11) is 0. The van der Waals surface area contributed by atoms with Gasteiger partial charge in [0.15, 0.2) is 5.13 Å². The van der Waals surface area contributed by atoms with Gasteiger partial charge in [-0.25, -0.2) is 4.98 Å². The van der Waals surface area contributed by atoms with Gasteiger partial charge in [0, 0.05) is 29.7 Å². The first kappa shape index (κ1) is 17.0. The number of likely N-dealkylation sites (tertiary alicyclic amines) is 1. The van der Waals surface area contributed by atoms with Crippen LogP contribution in [0, 0.1) is 17.8 Å². The molecular formula is C21H31N3OS. The maximum Gasteiger partial charge on any atom is 0.227 e. The quantitative estimate of drug-likeness (QED) is 0.847. The number of nitrogens with one attached hydrogen (secondary N) is 1. The van der Waals surface area contributed by atoms with Crippen molar-refractivity contribution in [1.29, 1.82) is 0 Å². The molecule has 1 amide bonds. The summed E-state index contributed by atoms with van der Waals surface area (Å²) in [6, 6.07) is 0.